The summed E-state index contributed by atoms with van der Waals surface area (Å²) < 4.78 is 33.6. The zero-order chi connectivity index (χ0) is 20.0. The highest BCUT2D eigenvalue weighted by atomic mass is 79.9. The van der Waals surface area contributed by atoms with Crippen LogP contribution < -0.4 is 14.8 Å². The van der Waals surface area contributed by atoms with Gasteiger partial charge in [-0.15, -0.1) is 0 Å². The zero-order valence-corrected chi connectivity index (χ0v) is 17.9. The molecule has 0 saturated carbocycles. The van der Waals surface area contributed by atoms with Gasteiger partial charge in [0.05, 0.1) is 4.90 Å². The summed E-state index contributed by atoms with van der Waals surface area (Å²) in [5.74, 6) is 0.378. The lowest BCUT2D eigenvalue weighted by molar-refractivity contribution is -0.118. The molecule has 0 aliphatic carbocycles. The van der Waals surface area contributed by atoms with Crippen LogP contribution in [-0.4, -0.2) is 27.5 Å². The Morgan fingerprint density at radius 3 is 2.41 bits per heavy atom. The van der Waals surface area contributed by atoms with Crippen LogP contribution in [0.3, 0.4) is 0 Å². The molecular formula is C19H23BrN2O4S. The van der Waals surface area contributed by atoms with Crippen molar-refractivity contribution in [1.29, 1.82) is 0 Å². The summed E-state index contributed by atoms with van der Waals surface area (Å²) in [6.07, 6.45) is 0. The van der Waals surface area contributed by atoms with E-state index >= 15 is 0 Å². The molecule has 146 valence electrons. The summed E-state index contributed by atoms with van der Waals surface area (Å²) in [5, 5.41) is 2.73. The predicted octanol–water partition coefficient (Wildman–Crippen LogP) is 3.71. The molecule has 2 aromatic rings. The third-order valence-electron chi connectivity index (χ3n) is 3.63. The summed E-state index contributed by atoms with van der Waals surface area (Å²) in [7, 11) is -3.56. The first-order valence-electron chi connectivity index (χ1n) is 8.46. The number of rotatable bonds is 8. The summed E-state index contributed by atoms with van der Waals surface area (Å²) in [6, 6.07) is 11.8. The molecule has 2 aromatic carbocycles. The van der Waals surface area contributed by atoms with Gasteiger partial charge in [-0.2, -0.15) is 0 Å². The Morgan fingerprint density at radius 2 is 1.81 bits per heavy atom. The predicted molar refractivity (Wildman–Crippen MR) is 109 cm³/mol. The molecule has 8 heteroatoms. The number of ether oxygens (including phenoxy) is 1. The summed E-state index contributed by atoms with van der Waals surface area (Å²) in [4.78, 5) is 12.2. The van der Waals surface area contributed by atoms with Gasteiger partial charge in [0.1, 0.15) is 5.75 Å². The van der Waals surface area contributed by atoms with Crippen LogP contribution in [0, 0.1) is 12.8 Å². The second-order valence-corrected chi connectivity index (χ2v) is 9.20. The molecule has 0 aliphatic rings. The highest BCUT2D eigenvalue weighted by molar-refractivity contribution is 9.10. The molecule has 0 atom stereocenters. The molecule has 2 N–H and O–H groups in total. The summed E-state index contributed by atoms with van der Waals surface area (Å²) in [6.45, 7) is 5.81. The van der Waals surface area contributed by atoms with Gasteiger partial charge in [-0.1, -0.05) is 29.8 Å². The van der Waals surface area contributed by atoms with E-state index in [1.54, 1.807) is 25.1 Å². The van der Waals surface area contributed by atoms with Gasteiger partial charge >= 0.3 is 0 Å². The van der Waals surface area contributed by atoms with E-state index in [0.29, 0.717) is 23.5 Å². The van der Waals surface area contributed by atoms with Gasteiger partial charge < -0.3 is 10.1 Å². The first-order chi connectivity index (χ1) is 12.7. The molecular weight excluding hydrogens is 432 g/mol. The highest BCUT2D eigenvalue weighted by Crippen LogP contribution is 2.22. The lowest BCUT2D eigenvalue weighted by Crippen LogP contribution is -2.27. The summed E-state index contributed by atoms with van der Waals surface area (Å²) in [5.41, 5.74) is 1.31. The van der Waals surface area contributed by atoms with Gasteiger partial charge in [0.2, 0.25) is 10.0 Å². The van der Waals surface area contributed by atoms with Crippen molar-refractivity contribution in [2.75, 3.05) is 18.5 Å². The normalized spacial score (nSPS) is 11.4. The van der Waals surface area contributed by atoms with E-state index < -0.39 is 10.0 Å². The van der Waals surface area contributed by atoms with Crippen LogP contribution in [0.5, 0.6) is 5.75 Å². The SMILES string of the molecule is Cc1cc(S(=O)(=O)NCC(C)C)ccc1OCC(=O)Nc1ccc(Br)cc1. The maximum absolute atomic E-state index is 12.3. The van der Waals surface area contributed by atoms with Gasteiger partial charge in [0, 0.05) is 16.7 Å². The molecule has 2 rings (SSSR count). The third kappa shape index (κ3) is 6.64. The van der Waals surface area contributed by atoms with Crippen molar-refractivity contribution in [2.45, 2.75) is 25.7 Å². The largest absolute Gasteiger partial charge is 0.483 e. The number of nitrogens with one attached hydrogen (secondary N) is 2. The Balaban J connectivity index is 1.97. The number of hydrogen-bond acceptors (Lipinski definition) is 4. The third-order valence-corrected chi connectivity index (χ3v) is 5.57. The molecule has 0 unspecified atom stereocenters. The first-order valence-corrected chi connectivity index (χ1v) is 10.7. The number of benzene rings is 2. The van der Waals surface area contributed by atoms with Crippen molar-refractivity contribution in [3.63, 3.8) is 0 Å². The molecule has 0 bridgehead atoms. The van der Waals surface area contributed by atoms with Gasteiger partial charge in [-0.25, -0.2) is 13.1 Å². The molecule has 0 radical (unpaired) electrons. The van der Waals surface area contributed by atoms with Crippen molar-refractivity contribution in [1.82, 2.24) is 4.72 Å². The Bertz CT molecular complexity index is 896. The Hall–Kier alpha value is -1.90. The number of aryl methyl sites for hydroxylation is 1. The Labute approximate surface area is 168 Å². The van der Waals surface area contributed by atoms with Crippen molar-refractivity contribution >= 4 is 37.5 Å². The van der Waals surface area contributed by atoms with Gasteiger partial charge in [0.15, 0.2) is 6.61 Å². The average Bonchev–Trinajstić information content (AvgIpc) is 2.61. The molecule has 0 fully saturated rings. The maximum Gasteiger partial charge on any atom is 0.262 e. The van der Waals surface area contributed by atoms with E-state index in [9.17, 15) is 13.2 Å². The smallest absolute Gasteiger partial charge is 0.262 e. The molecule has 0 saturated heterocycles. The van der Waals surface area contributed by atoms with Gasteiger partial charge in [-0.05, 0) is 60.9 Å². The molecule has 27 heavy (non-hydrogen) atoms. The average molecular weight is 455 g/mol. The van der Waals surface area contributed by atoms with Crippen LogP contribution in [0.4, 0.5) is 5.69 Å². The summed E-state index contributed by atoms with van der Waals surface area (Å²) >= 11 is 3.33. The van der Waals surface area contributed by atoms with Crippen LogP contribution in [0.15, 0.2) is 51.8 Å². The lowest BCUT2D eigenvalue weighted by atomic mass is 10.2. The van der Waals surface area contributed by atoms with E-state index in [1.807, 2.05) is 26.0 Å². The van der Waals surface area contributed by atoms with Crippen LogP contribution >= 0.6 is 15.9 Å². The van der Waals surface area contributed by atoms with Crippen molar-refractivity contribution in [2.24, 2.45) is 5.92 Å². The number of amides is 1. The molecule has 0 spiro atoms. The number of anilines is 1. The van der Waals surface area contributed by atoms with Crippen LogP contribution in [-0.2, 0) is 14.8 Å². The maximum atomic E-state index is 12.3. The van der Waals surface area contributed by atoms with Crippen LogP contribution in [0.25, 0.3) is 0 Å². The van der Waals surface area contributed by atoms with Crippen molar-refractivity contribution in [3.05, 3.63) is 52.5 Å². The van der Waals surface area contributed by atoms with Gasteiger partial charge in [0.25, 0.3) is 5.91 Å². The van der Waals surface area contributed by atoms with Crippen LogP contribution in [0.2, 0.25) is 0 Å². The van der Waals surface area contributed by atoms with E-state index in [4.69, 9.17) is 4.74 Å². The van der Waals surface area contributed by atoms with E-state index in [0.717, 1.165) is 4.47 Å². The second kappa shape index (κ2) is 9.34. The zero-order valence-electron chi connectivity index (χ0n) is 15.5. The first kappa shape index (κ1) is 21.4. The fourth-order valence-corrected chi connectivity index (χ4v) is 3.75. The molecule has 0 heterocycles. The number of hydrogen-bond donors (Lipinski definition) is 2. The van der Waals surface area contributed by atoms with Crippen molar-refractivity contribution < 1.29 is 17.9 Å². The van der Waals surface area contributed by atoms with E-state index in [1.165, 1.54) is 12.1 Å². The quantitative estimate of drug-likeness (QED) is 0.636. The highest BCUT2D eigenvalue weighted by Gasteiger charge is 2.16. The monoisotopic (exact) mass is 454 g/mol. The number of carbonyl (C=O) groups is 1. The number of halogens is 1. The lowest BCUT2D eigenvalue weighted by Gasteiger charge is -2.12. The van der Waals surface area contributed by atoms with Gasteiger partial charge in [-0.3, -0.25) is 4.79 Å². The molecule has 1 amide bonds. The van der Waals surface area contributed by atoms with E-state index in [2.05, 4.69) is 26.0 Å². The topological polar surface area (TPSA) is 84.5 Å². The van der Waals surface area contributed by atoms with E-state index in [-0.39, 0.29) is 23.3 Å². The number of sulfonamides is 1. The minimum Gasteiger partial charge on any atom is -0.483 e. The standard InChI is InChI=1S/C19H23BrN2O4S/c1-13(2)11-21-27(24,25)17-8-9-18(14(3)10-17)26-12-19(23)22-16-6-4-15(20)5-7-16/h4-10,13,21H,11-12H2,1-3H3,(H,22,23). The molecule has 6 nitrogen and oxygen atoms in total. The Kier molecular flexibility index (Phi) is 7.41. The van der Waals surface area contributed by atoms with Crippen molar-refractivity contribution in [3.8, 4) is 5.75 Å². The minimum absolute atomic E-state index is 0.172. The Morgan fingerprint density at radius 1 is 1.15 bits per heavy atom. The molecule has 0 aromatic heterocycles. The second-order valence-electron chi connectivity index (χ2n) is 6.52. The molecule has 0 aliphatic heterocycles. The number of carbonyl (C=O) groups excluding carboxylic acids is 1. The van der Waals surface area contributed by atoms with Crippen LogP contribution in [0.1, 0.15) is 19.4 Å². The fourth-order valence-electron chi connectivity index (χ4n) is 2.18. The minimum atomic E-state index is -3.56. The fraction of sp³-hybridized carbons (Fsp3) is 0.316.